The topological polar surface area (TPSA) is 96.7 Å². The highest BCUT2D eigenvalue weighted by Crippen LogP contribution is 2.21. The second kappa shape index (κ2) is 6.02. The summed E-state index contributed by atoms with van der Waals surface area (Å²) in [4.78, 5) is 22.5. The number of pyridine rings is 1. The number of nitrogen functional groups attached to an aromatic ring is 1. The molecular formula is C14H15N5OS. The SMILES string of the molecule is Nc1nc2c(CNCCc3cccnc3)csc2c(=O)[nH]1. The van der Waals surface area contributed by atoms with Gasteiger partial charge in [0.05, 0.1) is 5.52 Å². The Morgan fingerprint density at radius 2 is 2.33 bits per heavy atom. The number of nitrogens with zero attached hydrogens (tertiary/aromatic N) is 2. The molecule has 3 aromatic rings. The van der Waals surface area contributed by atoms with Gasteiger partial charge in [0.15, 0.2) is 0 Å². The van der Waals surface area contributed by atoms with E-state index < -0.39 is 0 Å². The molecule has 0 amide bonds. The average molecular weight is 301 g/mol. The number of H-pyrrole nitrogens is 1. The molecule has 0 aliphatic carbocycles. The monoisotopic (exact) mass is 301 g/mol. The Balaban J connectivity index is 1.65. The Kier molecular flexibility index (Phi) is 3.94. The van der Waals surface area contributed by atoms with E-state index in [9.17, 15) is 4.79 Å². The second-order valence-corrected chi connectivity index (χ2v) is 5.56. The van der Waals surface area contributed by atoms with Gasteiger partial charge in [0.1, 0.15) is 4.70 Å². The molecule has 0 atom stereocenters. The molecule has 0 aliphatic heterocycles. The van der Waals surface area contributed by atoms with E-state index in [0.29, 0.717) is 16.8 Å². The fourth-order valence-corrected chi connectivity index (χ4v) is 3.02. The fraction of sp³-hybridized carbons (Fsp3) is 0.214. The second-order valence-electron chi connectivity index (χ2n) is 4.68. The number of nitrogens with one attached hydrogen (secondary N) is 2. The molecule has 7 heteroatoms. The molecule has 0 fully saturated rings. The van der Waals surface area contributed by atoms with Crippen molar-refractivity contribution in [1.29, 1.82) is 0 Å². The molecule has 6 nitrogen and oxygen atoms in total. The van der Waals surface area contributed by atoms with Gasteiger partial charge < -0.3 is 11.1 Å². The average Bonchev–Trinajstić information content (AvgIpc) is 2.88. The molecule has 4 N–H and O–H groups in total. The maximum atomic E-state index is 11.7. The Bertz CT molecular complexity index is 796. The van der Waals surface area contributed by atoms with Gasteiger partial charge in [-0.25, -0.2) is 4.98 Å². The molecule has 0 radical (unpaired) electrons. The molecule has 3 rings (SSSR count). The van der Waals surface area contributed by atoms with Crippen molar-refractivity contribution in [1.82, 2.24) is 20.3 Å². The van der Waals surface area contributed by atoms with Crippen LogP contribution in [0.2, 0.25) is 0 Å². The van der Waals surface area contributed by atoms with Gasteiger partial charge in [0.25, 0.3) is 5.56 Å². The van der Waals surface area contributed by atoms with E-state index in [4.69, 9.17) is 5.73 Å². The quantitative estimate of drug-likeness (QED) is 0.617. The molecular weight excluding hydrogens is 286 g/mol. The minimum atomic E-state index is -0.177. The first-order chi connectivity index (χ1) is 10.2. The van der Waals surface area contributed by atoms with Crippen LogP contribution in [-0.4, -0.2) is 21.5 Å². The number of fused-ring (bicyclic) bond motifs is 1. The zero-order valence-corrected chi connectivity index (χ0v) is 12.1. The molecule has 0 saturated carbocycles. The number of hydrogen-bond acceptors (Lipinski definition) is 6. The molecule has 108 valence electrons. The molecule has 0 saturated heterocycles. The summed E-state index contributed by atoms with van der Waals surface area (Å²) in [5.41, 5.74) is 8.30. The standard InChI is InChI=1S/C14H15N5OS/c15-14-18-11-10(8-21-12(11)13(20)19-14)7-17-5-3-9-2-1-4-16-6-9/h1-2,4,6,8,17H,3,5,7H2,(H3,15,18,19,20). The highest BCUT2D eigenvalue weighted by molar-refractivity contribution is 7.17. The van der Waals surface area contributed by atoms with Crippen LogP contribution in [0, 0.1) is 0 Å². The van der Waals surface area contributed by atoms with Gasteiger partial charge in [-0.3, -0.25) is 14.8 Å². The van der Waals surface area contributed by atoms with Crippen LogP contribution in [0.5, 0.6) is 0 Å². The van der Waals surface area contributed by atoms with E-state index >= 15 is 0 Å². The first-order valence-electron chi connectivity index (χ1n) is 6.59. The fourth-order valence-electron chi connectivity index (χ4n) is 2.12. The van der Waals surface area contributed by atoms with E-state index in [1.165, 1.54) is 16.9 Å². The highest BCUT2D eigenvalue weighted by Gasteiger charge is 2.09. The van der Waals surface area contributed by atoms with Crippen molar-refractivity contribution in [2.75, 3.05) is 12.3 Å². The number of rotatable bonds is 5. The Hall–Kier alpha value is -2.25. The number of nitrogens with two attached hydrogens (primary N) is 1. The van der Waals surface area contributed by atoms with Crippen LogP contribution < -0.4 is 16.6 Å². The van der Waals surface area contributed by atoms with E-state index in [1.54, 1.807) is 6.20 Å². The molecule has 0 spiro atoms. The third-order valence-electron chi connectivity index (χ3n) is 3.15. The molecule has 0 aliphatic rings. The largest absolute Gasteiger partial charge is 0.369 e. The summed E-state index contributed by atoms with van der Waals surface area (Å²) in [7, 11) is 0. The van der Waals surface area contributed by atoms with Gasteiger partial charge in [-0.05, 0) is 30.0 Å². The molecule has 0 bridgehead atoms. The van der Waals surface area contributed by atoms with Crippen molar-refractivity contribution in [2.24, 2.45) is 0 Å². The van der Waals surface area contributed by atoms with Crippen LogP contribution >= 0.6 is 11.3 Å². The van der Waals surface area contributed by atoms with Gasteiger partial charge in [-0.15, -0.1) is 11.3 Å². The summed E-state index contributed by atoms with van der Waals surface area (Å²) >= 11 is 1.39. The van der Waals surface area contributed by atoms with Gasteiger partial charge in [0.2, 0.25) is 5.95 Å². The van der Waals surface area contributed by atoms with Crippen molar-refractivity contribution in [2.45, 2.75) is 13.0 Å². The van der Waals surface area contributed by atoms with Crippen LogP contribution in [0.25, 0.3) is 10.2 Å². The third kappa shape index (κ3) is 3.09. The van der Waals surface area contributed by atoms with E-state index in [0.717, 1.165) is 18.5 Å². The zero-order valence-electron chi connectivity index (χ0n) is 11.3. The predicted molar refractivity (Wildman–Crippen MR) is 84.3 cm³/mol. The molecule has 3 aromatic heterocycles. The normalized spacial score (nSPS) is 11.0. The summed E-state index contributed by atoms with van der Waals surface area (Å²) in [6.07, 6.45) is 4.54. The lowest BCUT2D eigenvalue weighted by Crippen LogP contribution is -2.17. The predicted octanol–water partition coefficient (Wildman–Crippen LogP) is 1.29. The van der Waals surface area contributed by atoms with Crippen molar-refractivity contribution < 1.29 is 0 Å². The first kappa shape index (κ1) is 13.7. The zero-order chi connectivity index (χ0) is 14.7. The van der Waals surface area contributed by atoms with Crippen molar-refractivity contribution in [3.8, 4) is 0 Å². The number of anilines is 1. The van der Waals surface area contributed by atoms with Crippen molar-refractivity contribution >= 4 is 27.5 Å². The van der Waals surface area contributed by atoms with Gasteiger partial charge in [-0.1, -0.05) is 6.07 Å². The van der Waals surface area contributed by atoms with Gasteiger partial charge >= 0.3 is 0 Å². The van der Waals surface area contributed by atoms with Crippen LogP contribution in [0.1, 0.15) is 11.1 Å². The highest BCUT2D eigenvalue weighted by atomic mass is 32.1. The maximum Gasteiger partial charge on any atom is 0.270 e. The van der Waals surface area contributed by atoms with Crippen LogP contribution in [-0.2, 0) is 13.0 Å². The number of aromatic amines is 1. The van der Waals surface area contributed by atoms with Gasteiger partial charge in [0, 0.05) is 24.5 Å². The minimum Gasteiger partial charge on any atom is -0.369 e. The lowest BCUT2D eigenvalue weighted by atomic mass is 10.2. The van der Waals surface area contributed by atoms with E-state index in [-0.39, 0.29) is 11.5 Å². The summed E-state index contributed by atoms with van der Waals surface area (Å²) in [5.74, 6) is 0.155. The third-order valence-corrected chi connectivity index (χ3v) is 4.16. The minimum absolute atomic E-state index is 0.155. The molecule has 21 heavy (non-hydrogen) atoms. The number of thiophene rings is 1. The number of hydrogen-bond donors (Lipinski definition) is 3. The molecule has 3 heterocycles. The summed E-state index contributed by atoms with van der Waals surface area (Å²) in [6.45, 7) is 1.50. The summed E-state index contributed by atoms with van der Waals surface area (Å²) in [5, 5.41) is 5.30. The van der Waals surface area contributed by atoms with E-state index in [1.807, 2.05) is 17.6 Å². The Labute approximate surface area is 125 Å². The summed E-state index contributed by atoms with van der Waals surface area (Å²) in [6, 6.07) is 3.98. The number of aromatic nitrogens is 3. The lowest BCUT2D eigenvalue weighted by Gasteiger charge is -2.04. The van der Waals surface area contributed by atoms with Crippen LogP contribution in [0.3, 0.4) is 0 Å². The van der Waals surface area contributed by atoms with Crippen LogP contribution in [0.4, 0.5) is 5.95 Å². The van der Waals surface area contributed by atoms with Crippen LogP contribution in [0.15, 0.2) is 34.7 Å². The Morgan fingerprint density at radius 1 is 1.43 bits per heavy atom. The smallest absolute Gasteiger partial charge is 0.270 e. The lowest BCUT2D eigenvalue weighted by molar-refractivity contribution is 0.689. The first-order valence-corrected chi connectivity index (χ1v) is 7.47. The molecule has 0 unspecified atom stereocenters. The summed E-state index contributed by atoms with van der Waals surface area (Å²) < 4.78 is 0.619. The van der Waals surface area contributed by atoms with Crippen molar-refractivity contribution in [3.63, 3.8) is 0 Å². The van der Waals surface area contributed by atoms with Crippen molar-refractivity contribution in [3.05, 3.63) is 51.4 Å². The van der Waals surface area contributed by atoms with Gasteiger partial charge in [-0.2, -0.15) is 0 Å². The molecule has 0 aromatic carbocycles. The maximum absolute atomic E-state index is 11.7. The van der Waals surface area contributed by atoms with E-state index in [2.05, 4.69) is 26.3 Å². The Morgan fingerprint density at radius 3 is 3.14 bits per heavy atom.